The van der Waals surface area contributed by atoms with Crippen LogP contribution in [0.4, 0.5) is 11.4 Å². The van der Waals surface area contributed by atoms with Crippen molar-refractivity contribution >= 4 is 34.3 Å². The predicted molar refractivity (Wildman–Crippen MR) is 130 cm³/mol. The van der Waals surface area contributed by atoms with Gasteiger partial charge in [0.15, 0.2) is 0 Å². The molecule has 0 saturated heterocycles. The molecule has 0 fully saturated rings. The highest BCUT2D eigenvalue weighted by Gasteiger charge is 2.25. The minimum atomic E-state index is -0.824. The number of carbonyl (C=O) groups is 2. The number of nitriles is 1. The lowest BCUT2D eigenvalue weighted by Gasteiger charge is -2.20. The molecule has 12 nitrogen and oxygen atoms in total. The van der Waals surface area contributed by atoms with Crippen LogP contribution in [0.25, 0.3) is 11.0 Å². The van der Waals surface area contributed by atoms with Crippen LogP contribution in [0.2, 0.25) is 0 Å². The number of hydrogen-bond acceptors (Lipinski definition) is 9. The summed E-state index contributed by atoms with van der Waals surface area (Å²) in [5.74, 6) is -1.50. The number of aromatic nitrogens is 2. The highest BCUT2D eigenvalue weighted by molar-refractivity contribution is 6.01. The van der Waals surface area contributed by atoms with Crippen molar-refractivity contribution in [1.82, 2.24) is 14.9 Å². The van der Waals surface area contributed by atoms with Gasteiger partial charge in [-0.25, -0.2) is 4.98 Å². The zero-order chi connectivity index (χ0) is 26.6. The monoisotopic (exact) mass is 492 g/mol. The number of nitro groups is 1. The van der Waals surface area contributed by atoms with E-state index in [0.717, 1.165) is 10.8 Å². The number of nitrogens with zero attached hydrogens (tertiary/aromatic N) is 4. The fourth-order valence-corrected chi connectivity index (χ4v) is 3.49. The average Bonchev–Trinajstić information content (AvgIpc) is 2.82. The number of nitrogens with one attached hydrogen (secondary N) is 2. The Labute approximate surface area is 205 Å². The number of esters is 1. The van der Waals surface area contributed by atoms with Crippen LogP contribution in [0.3, 0.4) is 0 Å². The van der Waals surface area contributed by atoms with Gasteiger partial charge in [-0.2, -0.15) is 5.26 Å². The third-order valence-corrected chi connectivity index (χ3v) is 5.03. The molecule has 0 aliphatic carbocycles. The van der Waals surface area contributed by atoms with Crippen molar-refractivity contribution in [1.29, 1.82) is 5.26 Å². The first-order valence-electron chi connectivity index (χ1n) is 10.8. The first-order chi connectivity index (χ1) is 16.9. The van der Waals surface area contributed by atoms with Crippen molar-refractivity contribution < 1.29 is 19.2 Å². The predicted octanol–water partition coefficient (Wildman–Crippen LogP) is 2.49. The fourth-order valence-electron chi connectivity index (χ4n) is 3.49. The Kier molecular flexibility index (Phi) is 7.33. The van der Waals surface area contributed by atoms with Crippen molar-refractivity contribution in [2.75, 3.05) is 12.4 Å². The van der Waals surface area contributed by atoms with Gasteiger partial charge in [0.1, 0.15) is 35.2 Å². The van der Waals surface area contributed by atoms with Crippen molar-refractivity contribution in [3.63, 3.8) is 0 Å². The van der Waals surface area contributed by atoms with E-state index < -0.39 is 34.5 Å². The molecule has 0 aliphatic rings. The maximum Gasteiger partial charge on any atom is 0.326 e. The molecular formula is C24H24N6O6. The van der Waals surface area contributed by atoms with E-state index in [0.29, 0.717) is 11.1 Å². The summed E-state index contributed by atoms with van der Waals surface area (Å²) in [5, 5.41) is 25.9. The minimum absolute atomic E-state index is 0.0237. The van der Waals surface area contributed by atoms with Gasteiger partial charge in [-0.1, -0.05) is 12.1 Å². The van der Waals surface area contributed by atoms with E-state index in [1.807, 2.05) is 6.07 Å². The van der Waals surface area contributed by atoms with Crippen LogP contribution in [0.15, 0.2) is 41.3 Å². The summed E-state index contributed by atoms with van der Waals surface area (Å²) < 4.78 is 6.28. The van der Waals surface area contributed by atoms with Crippen molar-refractivity contribution in [2.24, 2.45) is 0 Å². The summed E-state index contributed by atoms with van der Waals surface area (Å²) in [5.41, 5.74) is -1.18. The number of amides is 1. The van der Waals surface area contributed by atoms with Gasteiger partial charge in [0.05, 0.1) is 16.6 Å². The number of fused-ring (bicyclic) bond motifs is 1. The summed E-state index contributed by atoms with van der Waals surface area (Å²) in [6, 6.07) is 9.71. The van der Waals surface area contributed by atoms with Crippen molar-refractivity contribution in [2.45, 2.75) is 39.5 Å². The van der Waals surface area contributed by atoms with E-state index in [2.05, 4.69) is 15.6 Å². The number of hydrogen-bond donors (Lipinski definition) is 2. The molecule has 2 aromatic heterocycles. The number of pyridine rings is 2. The standard InChI is InChI=1S/C24H24N6O6/c1-24(2,3)36-19(31)13-29-21-16(20(26-4)18(12-27-21)30(34)35)9-17(23(29)33)22(32)28-11-15-7-5-14(10-25)6-8-15/h5-9,12H,11,13H2,1-4H3,(H,26,27)(H,28,32). The Morgan fingerprint density at radius 3 is 2.47 bits per heavy atom. The number of rotatable bonds is 7. The largest absolute Gasteiger partial charge is 0.459 e. The molecule has 0 unspecified atom stereocenters. The van der Waals surface area contributed by atoms with E-state index in [9.17, 15) is 24.5 Å². The zero-order valence-corrected chi connectivity index (χ0v) is 20.1. The molecule has 36 heavy (non-hydrogen) atoms. The SMILES string of the molecule is CNc1c([N+](=O)[O-])cnc2c1cc(C(=O)NCc1ccc(C#N)cc1)c(=O)n2CC(=O)OC(C)(C)C. The molecule has 3 rings (SSSR count). The lowest BCUT2D eigenvalue weighted by molar-refractivity contribution is -0.384. The molecule has 0 spiro atoms. The first kappa shape index (κ1) is 25.8. The maximum absolute atomic E-state index is 13.3. The number of carbonyl (C=O) groups excluding carboxylic acids is 2. The number of anilines is 1. The molecule has 2 heterocycles. The van der Waals surface area contributed by atoms with Crippen LogP contribution >= 0.6 is 0 Å². The van der Waals surface area contributed by atoms with Crippen LogP contribution in [0.5, 0.6) is 0 Å². The summed E-state index contributed by atoms with van der Waals surface area (Å²) >= 11 is 0. The van der Waals surface area contributed by atoms with Gasteiger partial charge in [0, 0.05) is 19.0 Å². The molecule has 0 radical (unpaired) electrons. The fraction of sp³-hybridized carbons (Fsp3) is 0.292. The Morgan fingerprint density at radius 1 is 1.25 bits per heavy atom. The second kappa shape index (κ2) is 10.2. The summed E-state index contributed by atoms with van der Waals surface area (Å²) in [6.45, 7) is 4.50. The molecular weight excluding hydrogens is 468 g/mol. The zero-order valence-electron chi connectivity index (χ0n) is 20.1. The van der Waals surface area contributed by atoms with E-state index in [4.69, 9.17) is 10.00 Å². The molecule has 0 atom stereocenters. The van der Waals surface area contributed by atoms with Crippen molar-refractivity contribution in [3.05, 3.63) is 73.7 Å². The van der Waals surface area contributed by atoms with Crippen LogP contribution < -0.4 is 16.2 Å². The average molecular weight is 492 g/mol. The van der Waals surface area contributed by atoms with Crippen LogP contribution in [-0.4, -0.2) is 39.0 Å². The van der Waals surface area contributed by atoms with Crippen molar-refractivity contribution in [3.8, 4) is 6.07 Å². The lowest BCUT2D eigenvalue weighted by atomic mass is 10.1. The van der Waals surface area contributed by atoms with Gasteiger partial charge >= 0.3 is 11.7 Å². The summed E-state index contributed by atoms with van der Waals surface area (Å²) in [6.07, 6.45) is 0.976. The van der Waals surface area contributed by atoms with Gasteiger partial charge in [-0.3, -0.25) is 29.1 Å². The van der Waals surface area contributed by atoms with Gasteiger partial charge in [-0.15, -0.1) is 0 Å². The minimum Gasteiger partial charge on any atom is -0.459 e. The third kappa shape index (κ3) is 5.64. The van der Waals surface area contributed by atoms with Crippen LogP contribution in [0, 0.1) is 21.4 Å². The number of ether oxygens (including phenoxy) is 1. The lowest BCUT2D eigenvalue weighted by Crippen LogP contribution is -2.36. The van der Waals surface area contributed by atoms with E-state index >= 15 is 0 Å². The molecule has 1 amide bonds. The molecule has 1 aromatic carbocycles. The quantitative estimate of drug-likeness (QED) is 0.286. The highest BCUT2D eigenvalue weighted by atomic mass is 16.6. The normalized spacial score (nSPS) is 11.0. The molecule has 2 N–H and O–H groups in total. The molecule has 0 saturated carbocycles. The Hall–Kier alpha value is -4.79. The van der Waals surface area contributed by atoms with E-state index in [1.165, 1.54) is 13.1 Å². The summed E-state index contributed by atoms with van der Waals surface area (Å²) in [7, 11) is 1.45. The first-order valence-corrected chi connectivity index (χ1v) is 10.8. The van der Waals surface area contributed by atoms with Gasteiger partial charge in [0.25, 0.3) is 11.5 Å². The topological polar surface area (TPSA) is 169 Å². The molecule has 0 aliphatic heterocycles. The summed E-state index contributed by atoms with van der Waals surface area (Å²) in [4.78, 5) is 53.8. The molecule has 186 valence electrons. The molecule has 3 aromatic rings. The smallest absolute Gasteiger partial charge is 0.326 e. The van der Waals surface area contributed by atoms with Crippen LogP contribution in [0.1, 0.15) is 42.3 Å². The highest BCUT2D eigenvalue weighted by Crippen LogP contribution is 2.31. The van der Waals surface area contributed by atoms with Crippen LogP contribution in [-0.2, 0) is 22.6 Å². The van der Waals surface area contributed by atoms with Gasteiger partial charge < -0.3 is 15.4 Å². The second-order valence-corrected chi connectivity index (χ2v) is 8.79. The van der Waals surface area contributed by atoms with Gasteiger partial charge in [0.2, 0.25) is 0 Å². The second-order valence-electron chi connectivity index (χ2n) is 8.79. The molecule has 12 heteroatoms. The third-order valence-electron chi connectivity index (χ3n) is 5.03. The Morgan fingerprint density at radius 2 is 1.92 bits per heavy atom. The number of benzene rings is 1. The van der Waals surface area contributed by atoms with E-state index in [1.54, 1.807) is 45.0 Å². The van der Waals surface area contributed by atoms with E-state index in [-0.39, 0.29) is 34.5 Å². The Bertz CT molecular complexity index is 1450. The maximum atomic E-state index is 13.3. The Balaban J connectivity index is 2.10. The molecule has 0 bridgehead atoms. The van der Waals surface area contributed by atoms with Gasteiger partial charge in [-0.05, 0) is 44.5 Å².